The molecule has 0 N–H and O–H groups in total. The van der Waals surface area contributed by atoms with Crippen molar-refractivity contribution in [2.24, 2.45) is 0 Å². The second kappa shape index (κ2) is 9.04. The van der Waals surface area contributed by atoms with Crippen LogP contribution in [-0.4, -0.2) is 65.1 Å². The van der Waals surface area contributed by atoms with E-state index < -0.39 is 5.60 Å². The Labute approximate surface area is 194 Å². The van der Waals surface area contributed by atoms with Crippen LogP contribution in [0, 0.1) is 5.82 Å². The van der Waals surface area contributed by atoms with E-state index in [1.807, 2.05) is 43.9 Å². The Morgan fingerprint density at radius 1 is 1.06 bits per heavy atom. The van der Waals surface area contributed by atoms with E-state index in [1.54, 1.807) is 29.0 Å². The number of halogens is 1. The summed E-state index contributed by atoms with van der Waals surface area (Å²) in [5.74, 6) is -0.300. The van der Waals surface area contributed by atoms with Crippen LogP contribution in [0.25, 0.3) is 0 Å². The van der Waals surface area contributed by atoms with Crippen LogP contribution in [0.2, 0.25) is 0 Å². The number of carbonyl (C=O) groups is 2. The Balaban J connectivity index is 1.54. The maximum absolute atomic E-state index is 13.7. The molecule has 1 saturated heterocycles. The SMILES string of the molecule is CN(C(=O)N1CCc2ccccc2C1c1ccc(F)cc1)[C@@H]1CCN(C(=O)OC(C)(C)C)C1. The highest BCUT2D eigenvalue weighted by molar-refractivity contribution is 5.77. The van der Waals surface area contributed by atoms with Gasteiger partial charge in [-0.3, -0.25) is 0 Å². The van der Waals surface area contributed by atoms with Gasteiger partial charge >= 0.3 is 12.1 Å². The number of amides is 3. The summed E-state index contributed by atoms with van der Waals surface area (Å²) < 4.78 is 19.1. The molecule has 0 aliphatic carbocycles. The third kappa shape index (κ3) is 4.97. The van der Waals surface area contributed by atoms with Crippen LogP contribution in [0.4, 0.5) is 14.0 Å². The molecule has 3 amide bonds. The Hall–Kier alpha value is -3.09. The summed E-state index contributed by atoms with van der Waals surface area (Å²) in [4.78, 5) is 31.4. The Morgan fingerprint density at radius 3 is 2.45 bits per heavy atom. The van der Waals surface area contributed by atoms with Crippen LogP contribution in [0.15, 0.2) is 48.5 Å². The van der Waals surface area contributed by atoms with E-state index in [9.17, 15) is 14.0 Å². The number of hydrogen-bond donors (Lipinski definition) is 0. The number of likely N-dealkylation sites (tertiary alicyclic amines) is 1. The van der Waals surface area contributed by atoms with Gasteiger partial charge in [0.05, 0.1) is 12.1 Å². The molecule has 0 saturated carbocycles. The molecular formula is C26H32FN3O3. The third-order valence-corrected chi connectivity index (χ3v) is 6.38. The van der Waals surface area contributed by atoms with Crippen LogP contribution in [-0.2, 0) is 11.2 Å². The fourth-order valence-electron chi connectivity index (χ4n) is 4.69. The van der Waals surface area contributed by atoms with Gasteiger partial charge in [-0.05, 0) is 62.4 Å². The van der Waals surface area contributed by atoms with Crippen molar-refractivity contribution in [2.45, 2.75) is 51.3 Å². The van der Waals surface area contributed by atoms with Crippen molar-refractivity contribution in [1.82, 2.24) is 14.7 Å². The quantitative estimate of drug-likeness (QED) is 0.654. The van der Waals surface area contributed by atoms with Gasteiger partial charge in [0.15, 0.2) is 0 Å². The number of carbonyl (C=O) groups excluding carboxylic acids is 2. The van der Waals surface area contributed by atoms with Gasteiger partial charge in [-0.2, -0.15) is 0 Å². The fourth-order valence-corrected chi connectivity index (χ4v) is 4.69. The molecule has 2 aliphatic rings. The molecule has 0 radical (unpaired) electrons. The zero-order valence-electron chi connectivity index (χ0n) is 19.8. The number of rotatable bonds is 2. The summed E-state index contributed by atoms with van der Waals surface area (Å²) in [5.41, 5.74) is 2.60. The van der Waals surface area contributed by atoms with Crippen molar-refractivity contribution in [3.8, 4) is 0 Å². The Kier molecular flexibility index (Phi) is 6.32. The Morgan fingerprint density at radius 2 is 1.76 bits per heavy atom. The van der Waals surface area contributed by atoms with Crippen molar-refractivity contribution < 1.29 is 18.7 Å². The number of ether oxygens (including phenoxy) is 1. The summed E-state index contributed by atoms with van der Waals surface area (Å²) in [6.07, 6.45) is 1.12. The van der Waals surface area contributed by atoms with Gasteiger partial charge < -0.3 is 19.4 Å². The molecule has 2 aromatic rings. The molecule has 0 bridgehead atoms. The van der Waals surface area contributed by atoms with Crippen molar-refractivity contribution >= 4 is 12.1 Å². The van der Waals surface area contributed by atoms with E-state index in [0.29, 0.717) is 26.1 Å². The van der Waals surface area contributed by atoms with Crippen LogP contribution >= 0.6 is 0 Å². The second-order valence-corrected chi connectivity index (χ2v) is 9.86. The molecule has 0 spiro atoms. The smallest absolute Gasteiger partial charge is 0.410 e. The zero-order chi connectivity index (χ0) is 23.8. The number of fused-ring (bicyclic) bond motifs is 1. The molecule has 4 rings (SSSR count). The summed E-state index contributed by atoms with van der Waals surface area (Å²) in [6, 6.07) is 14.0. The average molecular weight is 454 g/mol. The van der Waals surface area contributed by atoms with Gasteiger partial charge in [0.25, 0.3) is 0 Å². The van der Waals surface area contributed by atoms with Gasteiger partial charge in [-0.1, -0.05) is 36.4 Å². The van der Waals surface area contributed by atoms with Crippen molar-refractivity contribution in [3.05, 3.63) is 71.0 Å². The minimum Gasteiger partial charge on any atom is -0.444 e. The van der Waals surface area contributed by atoms with Gasteiger partial charge in [0.2, 0.25) is 0 Å². The maximum atomic E-state index is 13.7. The molecule has 2 atom stereocenters. The largest absolute Gasteiger partial charge is 0.444 e. The van der Waals surface area contributed by atoms with Gasteiger partial charge in [0, 0.05) is 26.7 Å². The molecule has 2 aromatic carbocycles. The standard InChI is InChI=1S/C26H32FN3O3/c1-26(2,3)33-25(32)29-15-14-21(17-29)28(4)24(31)30-16-13-18-7-5-6-8-22(18)23(30)19-9-11-20(27)12-10-19/h5-12,21,23H,13-17H2,1-4H3/t21-,23?/m1/s1. The minimum atomic E-state index is -0.555. The second-order valence-electron chi connectivity index (χ2n) is 9.86. The normalized spacial score (nSPS) is 20.4. The third-order valence-electron chi connectivity index (χ3n) is 6.38. The molecule has 2 aliphatic heterocycles. The van der Waals surface area contributed by atoms with E-state index >= 15 is 0 Å². The molecule has 33 heavy (non-hydrogen) atoms. The molecule has 1 unspecified atom stereocenters. The van der Waals surface area contributed by atoms with E-state index in [2.05, 4.69) is 6.07 Å². The Bertz CT molecular complexity index is 1020. The lowest BCUT2D eigenvalue weighted by molar-refractivity contribution is 0.0282. The highest BCUT2D eigenvalue weighted by Crippen LogP contribution is 2.36. The van der Waals surface area contributed by atoms with Crippen molar-refractivity contribution in [3.63, 3.8) is 0 Å². The number of urea groups is 1. The topological polar surface area (TPSA) is 53.1 Å². The minimum absolute atomic E-state index is 0.0870. The monoisotopic (exact) mass is 453 g/mol. The number of hydrogen-bond acceptors (Lipinski definition) is 3. The summed E-state index contributed by atoms with van der Waals surface area (Å²) >= 11 is 0. The molecule has 2 heterocycles. The number of likely N-dealkylation sites (N-methyl/N-ethyl adjacent to an activating group) is 1. The summed E-state index contributed by atoms with van der Waals surface area (Å²) in [5, 5.41) is 0. The predicted molar refractivity (Wildman–Crippen MR) is 124 cm³/mol. The molecule has 7 heteroatoms. The first-order chi connectivity index (χ1) is 15.6. The molecule has 1 fully saturated rings. The van der Waals surface area contributed by atoms with E-state index in [-0.39, 0.29) is 30.0 Å². The van der Waals surface area contributed by atoms with E-state index in [1.165, 1.54) is 17.7 Å². The van der Waals surface area contributed by atoms with Gasteiger partial charge in [-0.15, -0.1) is 0 Å². The summed E-state index contributed by atoms with van der Waals surface area (Å²) in [7, 11) is 1.80. The zero-order valence-corrected chi connectivity index (χ0v) is 19.8. The highest BCUT2D eigenvalue weighted by atomic mass is 19.1. The van der Waals surface area contributed by atoms with Crippen molar-refractivity contribution in [2.75, 3.05) is 26.7 Å². The molecular weight excluding hydrogens is 421 g/mol. The lowest BCUT2D eigenvalue weighted by atomic mass is 9.88. The lowest BCUT2D eigenvalue weighted by Gasteiger charge is -2.41. The highest BCUT2D eigenvalue weighted by Gasteiger charge is 2.38. The molecule has 0 aromatic heterocycles. The first-order valence-electron chi connectivity index (χ1n) is 11.5. The predicted octanol–water partition coefficient (Wildman–Crippen LogP) is 4.83. The first kappa shape index (κ1) is 23.1. The van der Waals surface area contributed by atoms with E-state index in [0.717, 1.165) is 17.5 Å². The van der Waals surface area contributed by atoms with Crippen molar-refractivity contribution in [1.29, 1.82) is 0 Å². The molecule has 176 valence electrons. The fraction of sp³-hybridized carbons (Fsp3) is 0.462. The number of nitrogens with zero attached hydrogens (tertiary/aromatic N) is 3. The van der Waals surface area contributed by atoms with E-state index in [4.69, 9.17) is 4.74 Å². The van der Waals surface area contributed by atoms with Gasteiger partial charge in [-0.25, -0.2) is 14.0 Å². The summed E-state index contributed by atoms with van der Waals surface area (Å²) in [6.45, 7) is 7.11. The lowest BCUT2D eigenvalue weighted by Crippen LogP contribution is -2.50. The van der Waals surface area contributed by atoms with Crippen LogP contribution in [0.3, 0.4) is 0 Å². The first-order valence-corrected chi connectivity index (χ1v) is 11.5. The maximum Gasteiger partial charge on any atom is 0.410 e. The van der Waals surface area contributed by atoms with Crippen LogP contribution < -0.4 is 0 Å². The van der Waals surface area contributed by atoms with Crippen LogP contribution in [0.5, 0.6) is 0 Å². The average Bonchev–Trinajstić information content (AvgIpc) is 3.27. The van der Waals surface area contributed by atoms with Gasteiger partial charge in [0.1, 0.15) is 11.4 Å². The molecule has 6 nitrogen and oxygen atoms in total. The van der Waals surface area contributed by atoms with Crippen LogP contribution in [0.1, 0.15) is 49.9 Å². The number of benzene rings is 2.